The number of nitrogens with two attached hydrogens (primary N) is 1. The maximum absolute atomic E-state index is 12.7. The number of hydrogen-bond donors (Lipinski definition) is 4. The Morgan fingerprint density at radius 2 is 2.13 bits per heavy atom. The van der Waals surface area contributed by atoms with Crippen LogP contribution in [0.4, 0.5) is 10.3 Å². The van der Waals surface area contributed by atoms with Crippen LogP contribution < -0.4 is 16.4 Å². The van der Waals surface area contributed by atoms with Crippen LogP contribution in [0.25, 0.3) is 5.57 Å². The maximum Gasteiger partial charge on any atom is 0.353 e. The average molecular weight is 482 g/mol. The Morgan fingerprint density at radius 1 is 1.35 bits per heavy atom. The van der Waals surface area contributed by atoms with E-state index < -0.39 is 29.2 Å². The average Bonchev–Trinajstić information content (AvgIpc) is 3.33. The molecule has 2 atom stereocenters. The third-order valence-corrected chi connectivity index (χ3v) is 7.27. The first-order valence-electron chi connectivity index (χ1n) is 8.76. The molecule has 12 nitrogen and oxygen atoms in total. The number of fused-ring (bicyclic) bond motifs is 1. The molecule has 4 heterocycles. The van der Waals surface area contributed by atoms with E-state index in [-0.39, 0.29) is 28.9 Å². The van der Waals surface area contributed by atoms with Gasteiger partial charge in [0.1, 0.15) is 22.1 Å². The Bertz CT molecular complexity index is 1130. The lowest BCUT2D eigenvalue weighted by Gasteiger charge is -2.49. The number of amides is 3. The zero-order chi connectivity index (χ0) is 22.3. The van der Waals surface area contributed by atoms with Crippen molar-refractivity contribution in [3.05, 3.63) is 21.8 Å². The number of β-lactam (4-membered cyclic amide) rings is 1. The first-order chi connectivity index (χ1) is 14.7. The van der Waals surface area contributed by atoms with E-state index in [1.165, 1.54) is 30.0 Å². The third-order valence-electron chi connectivity index (χ3n) is 4.36. The number of thioether (sulfide) groups is 1. The van der Waals surface area contributed by atoms with Crippen molar-refractivity contribution in [1.29, 1.82) is 0 Å². The fourth-order valence-corrected chi connectivity index (χ4v) is 5.96. The van der Waals surface area contributed by atoms with Crippen molar-refractivity contribution in [1.82, 2.24) is 25.4 Å². The Labute approximate surface area is 186 Å². The Kier molecular flexibility index (Phi) is 5.63. The molecular formula is C16H15N7O5S3. The van der Waals surface area contributed by atoms with Crippen LogP contribution in [0.1, 0.15) is 17.6 Å². The van der Waals surface area contributed by atoms with E-state index in [9.17, 15) is 24.3 Å². The highest BCUT2D eigenvalue weighted by Gasteiger charge is 2.54. The molecule has 2 aliphatic rings. The SMILES string of the molecule is CC(=O)Nc1nnc(C2=C(C(=O)O)N3C(=O)C(NC(=O)Cc4csc(N)n4)[C@@H]3SC2)s1. The summed E-state index contributed by atoms with van der Waals surface area (Å²) in [6.07, 6.45) is -0.0293. The fraction of sp³-hybridized carbons (Fsp3) is 0.312. The van der Waals surface area contributed by atoms with Gasteiger partial charge in [0.25, 0.3) is 5.91 Å². The van der Waals surface area contributed by atoms with Gasteiger partial charge in [0, 0.05) is 23.6 Å². The minimum atomic E-state index is -1.28. The van der Waals surface area contributed by atoms with Gasteiger partial charge >= 0.3 is 5.97 Å². The molecule has 0 aliphatic carbocycles. The van der Waals surface area contributed by atoms with Crippen LogP contribution in [-0.2, 0) is 25.6 Å². The summed E-state index contributed by atoms with van der Waals surface area (Å²) in [7, 11) is 0. The number of carboxylic acids is 1. The molecule has 0 bridgehead atoms. The van der Waals surface area contributed by atoms with E-state index in [2.05, 4.69) is 25.8 Å². The summed E-state index contributed by atoms with van der Waals surface area (Å²) in [5, 5.41) is 24.6. The van der Waals surface area contributed by atoms with E-state index in [1.807, 2.05) is 0 Å². The molecule has 2 aromatic heterocycles. The van der Waals surface area contributed by atoms with Crippen molar-refractivity contribution < 1.29 is 24.3 Å². The molecule has 4 rings (SSSR count). The Hall–Kier alpha value is -3.04. The zero-order valence-electron chi connectivity index (χ0n) is 15.8. The molecule has 162 valence electrons. The number of carbonyl (C=O) groups excluding carboxylic acids is 3. The van der Waals surface area contributed by atoms with E-state index in [4.69, 9.17) is 5.73 Å². The van der Waals surface area contributed by atoms with Crippen LogP contribution in [0.3, 0.4) is 0 Å². The van der Waals surface area contributed by atoms with E-state index in [0.29, 0.717) is 21.4 Å². The summed E-state index contributed by atoms with van der Waals surface area (Å²) in [5.74, 6) is -2.29. The van der Waals surface area contributed by atoms with Gasteiger partial charge in [-0.2, -0.15) is 0 Å². The lowest BCUT2D eigenvalue weighted by Crippen LogP contribution is -2.70. The molecular weight excluding hydrogens is 466 g/mol. The summed E-state index contributed by atoms with van der Waals surface area (Å²) in [6.45, 7) is 1.32. The molecule has 2 aliphatic heterocycles. The number of carbonyl (C=O) groups is 4. The maximum atomic E-state index is 12.7. The summed E-state index contributed by atoms with van der Waals surface area (Å²) < 4.78 is 0. The molecule has 1 saturated heterocycles. The quantitative estimate of drug-likeness (QED) is 0.409. The lowest BCUT2D eigenvalue weighted by atomic mass is 10.0. The smallest absolute Gasteiger partial charge is 0.353 e. The van der Waals surface area contributed by atoms with E-state index >= 15 is 0 Å². The summed E-state index contributed by atoms with van der Waals surface area (Å²) >= 11 is 3.54. The van der Waals surface area contributed by atoms with Gasteiger partial charge in [0.2, 0.25) is 16.9 Å². The minimum absolute atomic E-state index is 0.0293. The van der Waals surface area contributed by atoms with E-state index in [0.717, 1.165) is 16.2 Å². The number of hydrogen-bond acceptors (Lipinski definition) is 11. The number of rotatable bonds is 6. The number of carboxylic acid groups (broad SMARTS) is 1. The van der Waals surface area contributed by atoms with Crippen LogP contribution in [-0.4, -0.2) is 66.0 Å². The van der Waals surface area contributed by atoms with Crippen molar-refractivity contribution in [2.24, 2.45) is 0 Å². The second-order valence-corrected chi connectivity index (χ2v) is 9.51. The standard InChI is InChI=1S/C16H15N7O5S3/c1-5(24)18-16-22-21-11(31-16)7-4-29-13-9(12(26)23(13)10(7)14(27)28)20-8(25)2-6-3-30-15(17)19-6/h3,9,13H,2,4H2,1H3,(H2,17,19)(H,20,25)(H,27,28)(H,18,22,24)/t9?,13-/m0/s1. The van der Waals surface area contributed by atoms with Gasteiger partial charge in [-0.3, -0.25) is 19.3 Å². The number of thiazole rings is 1. The topological polar surface area (TPSA) is 180 Å². The molecule has 2 aromatic rings. The van der Waals surface area contributed by atoms with Crippen molar-refractivity contribution in [2.45, 2.75) is 24.8 Å². The minimum Gasteiger partial charge on any atom is -0.477 e. The number of nitrogens with zero attached hydrogens (tertiary/aromatic N) is 4. The van der Waals surface area contributed by atoms with Crippen molar-refractivity contribution in [3.63, 3.8) is 0 Å². The summed E-state index contributed by atoms with van der Waals surface area (Å²) in [5.41, 5.74) is 6.19. The number of aromatic nitrogens is 3. The van der Waals surface area contributed by atoms with Crippen LogP contribution in [0.2, 0.25) is 0 Å². The van der Waals surface area contributed by atoms with Crippen LogP contribution in [0, 0.1) is 0 Å². The first kappa shape index (κ1) is 21.2. The highest BCUT2D eigenvalue weighted by Crippen LogP contribution is 2.44. The van der Waals surface area contributed by atoms with Gasteiger partial charge in [-0.15, -0.1) is 33.3 Å². The van der Waals surface area contributed by atoms with Gasteiger partial charge in [-0.05, 0) is 0 Å². The molecule has 1 fully saturated rings. The second kappa shape index (κ2) is 8.24. The van der Waals surface area contributed by atoms with Gasteiger partial charge in [0.15, 0.2) is 5.13 Å². The normalized spacial score (nSPS) is 20.2. The largest absolute Gasteiger partial charge is 0.477 e. The van der Waals surface area contributed by atoms with Crippen molar-refractivity contribution in [2.75, 3.05) is 16.8 Å². The van der Waals surface area contributed by atoms with Gasteiger partial charge in [-0.1, -0.05) is 11.3 Å². The van der Waals surface area contributed by atoms with Crippen LogP contribution >= 0.6 is 34.4 Å². The molecule has 31 heavy (non-hydrogen) atoms. The first-order valence-corrected chi connectivity index (χ1v) is 11.5. The molecule has 0 radical (unpaired) electrons. The number of nitrogen functional groups attached to an aromatic ring is 1. The third kappa shape index (κ3) is 4.11. The predicted octanol–water partition coefficient (Wildman–Crippen LogP) is -0.0265. The Morgan fingerprint density at radius 3 is 2.77 bits per heavy atom. The number of nitrogens with one attached hydrogen (secondary N) is 2. The summed E-state index contributed by atoms with van der Waals surface area (Å²) in [6, 6.07) is -0.839. The van der Waals surface area contributed by atoms with E-state index in [1.54, 1.807) is 5.38 Å². The predicted molar refractivity (Wildman–Crippen MR) is 114 cm³/mol. The van der Waals surface area contributed by atoms with Gasteiger partial charge in [-0.25, -0.2) is 9.78 Å². The van der Waals surface area contributed by atoms with Crippen molar-refractivity contribution >= 4 is 74.0 Å². The highest BCUT2D eigenvalue weighted by molar-refractivity contribution is 8.00. The number of aliphatic carboxylic acids is 1. The van der Waals surface area contributed by atoms with Gasteiger partial charge in [0.05, 0.1) is 12.1 Å². The second-order valence-electron chi connectivity index (χ2n) is 6.53. The molecule has 0 spiro atoms. The lowest BCUT2D eigenvalue weighted by molar-refractivity contribution is -0.150. The van der Waals surface area contributed by atoms with Crippen LogP contribution in [0.5, 0.6) is 0 Å². The molecule has 0 aromatic carbocycles. The molecule has 1 unspecified atom stereocenters. The molecule has 3 amide bonds. The van der Waals surface area contributed by atoms with Crippen LogP contribution in [0.15, 0.2) is 11.1 Å². The molecule has 5 N–H and O–H groups in total. The fourth-order valence-electron chi connectivity index (χ4n) is 3.12. The monoisotopic (exact) mass is 481 g/mol. The molecule has 15 heteroatoms. The Balaban J connectivity index is 1.51. The molecule has 0 saturated carbocycles. The zero-order valence-corrected chi connectivity index (χ0v) is 18.3. The van der Waals surface area contributed by atoms with Gasteiger partial charge < -0.3 is 21.5 Å². The summed E-state index contributed by atoms with van der Waals surface area (Å²) in [4.78, 5) is 53.3. The highest BCUT2D eigenvalue weighted by atomic mass is 32.2. The van der Waals surface area contributed by atoms with Crippen molar-refractivity contribution in [3.8, 4) is 0 Å². The number of anilines is 2.